The quantitative estimate of drug-likeness (QED) is 0.454. The van der Waals surface area contributed by atoms with Crippen molar-refractivity contribution in [2.75, 3.05) is 6.79 Å². The first-order valence-electron chi connectivity index (χ1n) is 12.9. The van der Waals surface area contributed by atoms with Gasteiger partial charge in [0, 0.05) is 24.3 Å². The highest BCUT2D eigenvalue weighted by molar-refractivity contribution is 8.13. The standard InChI is InChI=1S/C30H28N4O4S/c1-18-7-9-21(19(2)13-18)16-39-30-33-23-6-4-3-5-22(23)28-32-24(29(36)34(28)30)10-12-27(35)31-15-20-8-11-25-26(14-20)38-17-37-25/h3-9,11,13-14,24H,10,12,15-17H2,1-2H3,(H,31,35)/t24-/m0/s1. The molecule has 0 radical (unpaired) electrons. The molecule has 2 amide bonds. The zero-order chi connectivity index (χ0) is 26.9. The average molecular weight is 541 g/mol. The van der Waals surface area contributed by atoms with Crippen LogP contribution in [0.15, 0.2) is 70.6 Å². The second kappa shape index (κ2) is 10.6. The zero-order valence-electron chi connectivity index (χ0n) is 21.8. The number of nitrogens with zero attached hydrogens (tertiary/aromatic N) is 3. The van der Waals surface area contributed by atoms with Crippen LogP contribution >= 0.6 is 11.8 Å². The molecule has 0 aliphatic carbocycles. The lowest BCUT2D eigenvalue weighted by molar-refractivity contribution is -0.125. The second-order valence-corrected chi connectivity index (χ2v) is 10.7. The Kier molecular flexibility index (Phi) is 6.83. The van der Waals surface area contributed by atoms with E-state index in [1.165, 1.54) is 28.5 Å². The minimum Gasteiger partial charge on any atom is -0.454 e. The summed E-state index contributed by atoms with van der Waals surface area (Å²) >= 11 is 1.53. The highest BCUT2D eigenvalue weighted by Gasteiger charge is 2.41. The molecule has 3 aliphatic rings. The van der Waals surface area contributed by atoms with Gasteiger partial charge in [0.1, 0.15) is 11.9 Å². The number of carbonyl (C=O) groups excluding carboxylic acids is 2. The lowest BCUT2D eigenvalue weighted by Gasteiger charge is -2.25. The number of ether oxygens (including phenoxy) is 2. The van der Waals surface area contributed by atoms with E-state index in [9.17, 15) is 9.59 Å². The Morgan fingerprint density at radius 1 is 1.08 bits per heavy atom. The molecule has 0 saturated carbocycles. The molecule has 3 aromatic carbocycles. The first-order valence-corrected chi connectivity index (χ1v) is 13.9. The van der Waals surface area contributed by atoms with E-state index < -0.39 is 6.04 Å². The number of amides is 2. The summed E-state index contributed by atoms with van der Waals surface area (Å²) < 4.78 is 10.7. The van der Waals surface area contributed by atoms with Gasteiger partial charge in [-0.05, 0) is 61.2 Å². The molecule has 3 aromatic rings. The summed E-state index contributed by atoms with van der Waals surface area (Å²) in [6.07, 6.45) is 0.512. The zero-order valence-corrected chi connectivity index (χ0v) is 22.6. The molecule has 1 atom stereocenters. The van der Waals surface area contributed by atoms with Crippen LogP contribution in [0.3, 0.4) is 0 Å². The molecule has 8 nitrogen and oxygen atoms in total. The monoisotopic (exact) mass is 540 g/mol. The highest BCUT2D eigenvalue weighted by Crippen LogP contribution is 2.35. The van der Waals surface area contributed by atoms with Crippen LogP contribution in [0, 0.1) is 13.8 Å². The SMILES string of the molecule is Cc1ccc(CSC2=Nc3ccccc3C3=N[C@@H](CCC(=O)NCc4ccc5c(c4)OCO5)C(=O)N23)c(C)c1. The Morgan fingerprint density at radius 3 is 2.79 bits per heavy atom. The van der Waals surface area contributed by atoms with Crippen molar-refractivity contribution in [2.45, 2.75) is 45.0 Å². The summed E-state index contributed by atoms with van der Waals surface area (Å²) in [7, 11) is 0. The van der Waals surface area contributed by atoms with Crippen molar-refractivity contribution in [3.8, 4) is 11.5 Å². The molecule has 0 aromatic heterocycles. The first kappa shape index (κ1) is 25.2. The number of carbonyl (C=O) groups is 2. The van der Waals surface area contributed by atoms with Crippen LogP contribution in [0.25, 0.3) is 0 Å². The van der Waals surface area contributed by atoms with Gasteiger partial charge in [-0.2, -0.15) is 0 Å². The molecular weight excluding hydrogens is 512 g/mol. The van der Waals surface area contributed by atoms with Crippen molar-refractivity contribution in [1.29, 1.82) is 0 Å². The largest absolute Gasteiger partial charge is 0.454 e. The molecular formula is C30H28N4O4S. The van der Waals surface area contributed by atoms with Crippen molar-refractivity contribution in [1.82, 2.24) is 10.2 Å². The Labute approximate surface area is 231 Å². The molecule has 9 heteroatoms. The van der Waals surface area contributed by atoms with Gasteiger partial charge in [-0.3, -0.25) is 14.6 Å². The van der Waals surface area contributed by atoms with Gasteiger partial charge in [-0.15, -0.1) is 0 Å². The van der Waals surface area contributed by atoms with E-state index in [0.29, 0.717) is 41.2 Å². The van der Waals surface area contributed by atoms with Gasteiger partial charge in [-0.25, -0.2) is 9.89 Å². The van der Waals surface area contributed by atoms with Crippen molar-refractivity contribution in [2.24, 2.45) is 9.98 Å². The van der Waals surface area contributed by atoms with Gasteiger partial charge < -0.3 is 14.8 Å². The van der Waals surface area contributed by atoms with Crippen LogP contribution in [-0.4, -0.2) is 40.6 Å². The van der Waals surface area contributed by atoms with Gasteiger partial charge in [0.25, 0.3) is 5.91 Å². The molecule has 0 fully saturated rings. The Hall–Kier alpha value is -4.11. The number of amidine groups is 2. The summed E-state index contributed by atoms with van der Waals surface area (Å²) in [5.41, 5.74) is 6.18. The topological polar surface area (TPSA) is 92.6 Å². The molecule has 1 N–H and O–H groups in total. The third-order valence-corrected chi connectivity index (χ3v) is 7.96. The van der Waals surface area contributed by atoms with Crippen LogP contribution in [0.1, 0.15) is 40.7 Å². The fourth-order valence-corrected chi connectivity index (χ4v) is 5.92. The Morgan fingerprint density at radius 2 is 1.92 bits per heavy atom. The molecule has 3 heterocycles. The molecule has 0 unspecified atom stereocenters. The van der Waals surface area contributed by atoms with Crippen molar-refractivity contribution in [3.63, 3.8) is 0 Å². The van der Waals surface area contributed by atoms with Gasteiger partial charge in [0.05, 0.1) is 5.69 Å². The maximum Gasteiger partial charge on any atom is 0.259 e. The number of nitrogens with one attached hydrogen (secondary N) is 1. The van der Waals surface area contributed by atoms with Gasteiger partial charge >= 0.3 is 0 Å². The molecule has 0 bridgehead atoms. The molecule has 0 spiro atoms. The number of aryl methyl sites for hydroxylation is 2. The summed E-state index contributed by atoms with van der Waals surface area (Å²) in [6, 6.07) is 19.1. The average Bonchev–Trinajstić information content (AvgIpc) is 3.54. The second-order valence-electron chi connectivity index (χ2n) is 9.78. The first-order chi connectivity index (χ1) is 19.0. The molecule has 6 rings (SSSR count). The predicted molar refractivity (Wildman–Crippen MR) is 152 cm³/mol. The van der Waals surface area contributed by atoms with Crippen LogP contribution in [0.2, 0.25) is 0 Å². The van der Waals surface area contributed by atoms with Crippen molar-refractivity contribution < 1.29 is 19.1 Å². The van der Waals surface area contributed by atoms with Crippen molar-refractivity contribution in [3.05, 3.63) is 88.5 Å². The predicted octanol–water partition coefficient (Wildman–Crippen LogP) is 5.02. The minimum atomic E-state index is -0.630. The van der Waals surface area contributed by atoms with Gasteiger partial charge in [0.15, 0.2) is 16.7 Å². The summed E-state index contributed by atoms with van der Waals surface area (Å²) in [5.74, 6) is 2.41. The number of thioether (sulfide) groups is 1. The molecule has 39 heavy (non-hydrogen) atoms. The maximum absolute atomic E-state index is 13.5. The highest BCUT2D eigenvalue weighted by atomic mass is 32.2. The van der Waals surface area contributed by atoms with E-state index in [0.717, 1.165) is 16.8 Å². The van der Waals surface area contributed by atoms with E-state index in [1.807, 2.05) is 42.5 Å². The molecule has 0 saturated heterocycles. The van der Waals surface area contributed by atoms with Crippen LogP contribution < -0.4 is 14.8 Å². The van der Waals surface area contributed by atoms with E-state index in [4.69, 9.17) is 19.5 Å². The number of hydrogen-bond acceptors (Lipinski definition) is 7. The molecule has 198 valence electrons. The molecule has 3 aliphatic heterocycles. The fraction of sp³-hybridized carbons (Fsp3) is 0.267. The van der Waals surface area contributed by atoms with E-state index in [-0.39, 0.29) is 25.0 Å². The summed E-state index contributed by atoms with van der Waals surface area (Å²) in [6.45, 7) is 4.76. The van der Waals surface area contributed by atoms with Crippen LogP contribution in [0.5, 0.6) is 11.5 Å². The smallest absolute Gasteiger partial charge is 0.259 e. The van der Waals surface area contributed by atoms with E-state index in [1.54, 1.807) is 4.90 Å². The number of rotatable bonds is 7. The summed E-state index contributed by atoms with van der Waals surface area (Å²) in [4.78, 5) is 37.4. The van der Waals surface area contributed by atoms with Crippen LogP contribution in [-0.2, 0) is 21.9 Å². The lowest BCUT2D eigenvalue weighted by Crippen LogP contribution is -2.41. The number of para-hydroxylation sites is 1. The number of aliphatic imine (C=N–C) groups is 2. The number of fused-ring (bicyclic) bond motifs is 4. The van der Waals surface area contributed by atoms with Crippen molar-refractivity contribution >= 4 is 40.3 Å². The van der Waals surface area contributed by atoms with Gasteiger partial charge in [0.2, 0.25) is 12.7 Å². The fourth-order valence-electron chi connectivity index (χ4n) is 4.84. The summed E-state index contributed by atoms with van der Waals surface area (Å²) in [5, 5.41) is 3.54. The third kappa shape index (κ3) is 5.14. The lowest BCUT2D eigenvalue weighted by atomic mass is 10.1. The number of benzene rings is 3. The Bertz CT molecular complexity index is 1530. The van der Waals surface area contributed by atoms with E-state index >= 15 is 0 Å². The van der Waals surface area contributed by atoms with Gasteiger partial charge in [-0.1, -0.05) is 53.7 Å². The maximum atomic E-state index is 13.5. The van der Waals surface area contributed by atoms with Crippen LogP contribution in [0.4, 0.5) is 5.69 Å². The third-order valence-electron chi connectivity index (χ3n) is 6.97. The Balaban J connectivity index is 1.12. The minimum absolute atomic E-state index is 0.135. The number of hydrogen-bond donors (Lipinski definition) is 1. The normalized spacial score (nSPS) is 16.9. The van der Waals surface area contributed by atoms with E-state index in [2.05, 4.69) is 37.4 Å².